The molecule has 0 aliphatic heterocycles. The molecule has 0 unspecified atom stereocenters. The summed E-state index contributed by atoms with van der Waals surface area (Å²) in [4.78, 5) is 8.71. The predicted molar refractivity (Wildman–Crippen MR) is 108 cm³/mol. The van der Waals surface area contributed by atoms with Crippen molar-refractivity contribution in [3.8, 4) is 6.07 Å². The van der Waals surface area contributed by atoms with E-state index < -0.39 is 0 Å². The van der Waals surface area contributed by atoms with E-state index in [0.717, 1.165) is 22.0 Å². The zero-order valence-electron chi connectivity index (χ0n) is 14.7. The molecule has 134 valence electrons. The number of nitriles is 1. The second-order valence-corrected chi connectivity index (χ2v) is 6.05. The molecule has 0 saturated heterocycles. The van der Waals surface area contributed by atoms with Crippen molar-refractivity contribution in [1.82, 2.24) is 9.97 Å². The Balaban J connectivity index is 1.70. The monoisotopic (exact) mass is 365 g/mol. The van der Waals surface area contributed by atoms with Crippen molar-refractivity contribution in [1.29, 1.82) is 5.26 Å². The molecule has 0 bridgehead atoms. The van der Waals surface area contributed by atoms with Crippen LogP contribution in [0.4, 0.5) is 11.6 Å². The molecule has 0 aliphatic rings. The Labute approximate surface area is 161 Å². The van der Waals surface area contributed by atoms with Gasteiger partial charge in [-0.3, -0.25) is 0 Å². The van der Waals surface area contributed by atoms with Gasteiger partial charge in [-0.05, 0) is 41.1 Å². The Kier molecular flexibility index (Phi) is 4.64. The number of fused-ring (bicyclic) bond motifs is 1. The fourth-order valence-electron chi connectivity index (χ4n) is 2.98. The van der Waals surface area contributed by atoms with Crippen LogP contribution >= 0.6 is 0 Å². The van der Waals surface area contributed by atoms with Gasteiger partial charge in [0.15, 0.2) is 0 Å². The molecule has 28 heavy (non-hydrogen) atoms. The van der Waals surface area contributed by atoms with E-state index >= 15 is 0 Å². The Morgan fingerprint density at radius 3 is 2.54 bits per heavy atom. The van der Waals surface area contributed by atoms with Crippen LogP contribution in [0.15, 0.2) is 84.1 Å². The molecular weight excluding hydrogens is 350 g/mol. The number of aromatic nitrogens is 2. The smallest absolute Gasteiger partial charge is 0.227 e. The molecule has 0 amide bonds. The lowest BCUT2D eigenvalue weighted by Crippen LogP contribution is -2.09. The zero-order valence-corrected chi connectivity index (χ0v) is 14.7. The second-order valence-electron chi connectivity index (χ2n) is 6.05. The molecular formula is C22H15N5O. The van der Waals surface area contributed by atoms with Gasteiger partial charge in [-0.1, -0.05) is 47.6 Å². The quantitative estimate of drug-likeness (QED) is 0.316. The maximum atomic E-state index is 9.71. The second kappa shape index (κ2) is 7.56. The summed E-state index contributed by atoms with van der Waals surface area (Å²) in [6.45, 7) is 0. The van der Waals surface area contributed by atoms with Gasteiger partial charge < -0.3 is 10.5 Å². The van der Waals surface area contributed by atoms with Crippen LogP contribution in [-0.4, -0.2) is 20.9 Å². The van der Waals surface area contributed by atoms with Crippen LogP contribution in [0.3, 0.4) is 0 Å². The Hall–Kier alpha value is -4.24. The minimum Gasteiger partial charge on any atom is -0.410 e. The van der Waals surface area contributed by atoms with Crippen LogP contribution in [0.1, 0.15) is 16.8 Å². The molecule has 0 aliphatic carbocycles. The van der Waals surface area contributed by atoms with E-state index in [1.165, 1.54) is 0 Å². The van der Waals surface area contributed by atoms with Gasteiger partial charge in [0.05, 0.1) is 17.3 Å². The van der Waals surface area contributed by atoms with Crippen LogP contribution in [0.2, 0.25) is 0 Å². The fraction of sp³-hybridized carbons (Fsp3) is 0. The first-order chi connectivity index (χ1) is 13.8. The van der Waals surface area contributed by atoms with Crippen LogP contribution in [0.5, 0.6) is 0 Å². The van der Waals surface area contributed by atoms with E-state index in [1.54, 1.807) is 36.5 Å². The van der Waals surface area contributed by atoms with E-state index in [4.69, 9.17) is 5.26 Å². The van der Waals surface area contributed by atoms with Gasteiger partial charge >= 0.3 is 0 Å². The number of nitrogens with one attached hydrogen (secondary N) is 1. The van der Waals surface area contributed by atoms with Crippen LogP contribution in [0, 0.1) is 11.3 Å². The highest BCUT2D eigenvalue weighted by atomic mass is 16.4. The standard InChI is InChI=1S/C22H15N5O/c23-14-15-8-10-17(11-9-15)25-22-24-13-12-20(26-22)21(27-28)19-7-3-5-16-4-1-2-6-18(16)19/h1-13,28H,(H,24,25,26)/b27-21-. The first kappa shape index (κ1) is 17.2. The van der Waals surface area contributed by atoms with Crippen molar-refractivity contribution >= 4 is 28.1 Å². The maximum absolute atomic E-state index is 9.71. The van der Waals surface area contributed by atoms with E-state index in [0.29, 0.717) is 22.9 Å². The molecule has 0 atom stereocenters. The SMILES string of the molecule is N#Cc1ccc(Nc2nccc(/C(=N\O)c3cccc4ccccc34)n2)cc1. The summed E-state index contributed by atoms with van der Waals surface area (Å²) in [7, 11) is 0. The number of anilines is 2. The summed E-state index contributed by atoms with van der Waals surface area (Å²) in [5, 5.41) is 27.2. The molecule has 0 radical (unpaired) electrons. The number of benzene rings is 3. The topological polar surface area (TPSA) is 94.2 Å². The first-order valence-corrected chi connectivity index (χ1v) is 8.59. The zero-order chi connectivity index (χ0) is 19.3. The van der Waals surface area contributed by atoms with Crippen molar-refractivity contribution in [3.63, 3.8) is 0 Å². The van der Waals surface area contributed by atoms with Gasteiger partial charge in [0.25, 0.3) is 0 Å². The lowest BCUT2D eigenvalue weighted by molar-refractivity contribution is 0.319. The number of hydrogen-bond acceptors (Lipinski definition) is 6. The van der Waals surface area contributed by atoms with Crippen LogP contribution in [-0.2, 0) is 0 Å². The third-order valence-electron chi connectivity index (χ3n) is 4.31. The largest absolute Gasteiger partial charge is 0.410 e. The van der Waals surface area contributed by atoms with E-state index in [9.17, 15) is 5.21 Å². The van der Waals surface area contributed by atoms with Crippen molar-refractivity contribution in [2.24, 2.45) is 5.16 Å². The molecule has 1 heterocycles. The first-order valence-electron chi connectivity index (χ1n) is 8.59. The predicted octanol–water partition coefficient (Wildman–Crippen LogP) is 4.47. The van der Waals surface area contributed by atoms with Crippen molar-refractivity contribution < 1.29 is 5.21 Å². The van der Waals surface area contributed by atoms with Gasteiger partial charge in [-0.25, -0.2) is 9.97 Å². The number of nitrogens with zero attached hydrogens (tertiary/aromatic N) is 4. The number of oxime groups is 1. The highest BCUT2D eigenvalue weighted by Crippen LogP contribution is 2.22. The molecule has 2 N–H and O–H groups in total. The van der Waals surface area contributed by atoms with Gasteiger partial charge in [-0.15, -0.1) is 0 Å². The Morgan fingerprint density at radius 2 is 1.75 bits per heavy atom. The minimum absolute atomic E-state index is 0.363. The fourth-order valence-corrected chi connectivity index (χ4v) is 2.98. The molecule has 0 saturated carbocycles. The third-order valence-corrected chi connectivity index (χ3v) is 4.31. The summed E-state index contributed by atoms with van der Waals surface area (Å²) in [6, 6.07) is 24.5. The number of rotatable bonds is 4. The van der Waals surface area contributed by atoms with Crippen molar-refractivity contribution in [2.45, 2.75) is 0 Å². The summed E-state index contributed by atoms with van der Waals surface area (Å²) >= 11 is 0. The van der Waals surface area contributed by atoms with Crippen molar-refractivity contribution in [2.75, 3.05) is 5.32 Å². The molecule has 4 aromatic rings. The highest BCUT2D eigenvalue weighted by molar-refractivity contribution is 6.18. The molecule has 6 nitrogen and oxygen atoms in total. The summed E-state index contributed by atoms with van der Waals surface area (Å²) in [5.74, 6) is 0.364. The normalized spacial score (nSPS) is 11.2. The lowest BCUT2D eigenvalue weighted by Gasteiger charge is -2.10. The van der Waals surface area contributed by atoms with Gasteiger partial charge in [-0.2, -0.15) is 5.26 Å². The number of hydrogen-bond donors (Lipinski definition) is 2. The van der Waals surface area contributed by atoms with Gasteiger partial charge in [0.1, 0.15) is 5.71 Å². The van der Waals surface area contributed by atoms with E-state index in [1.807, 2.05) is 42.5 Å². The van der Waals surface area contributed by atoms with E-state index in [-0.39, 0.29) is 0 Å². The molecule has 4 rings (SSSR count). The van der Waals surface area contributed by atoms with Gasteiger partial charge in [0.2, 0.25) is 5.95 Å². The van der Waals surface area contributed by atoms with E-state index in [2.05, 4.69) is 26.5 Å². The molecule has 6 heteroatoms. The van der Waals surface area contributed by atoms with Crippen LogP contribution in [0.25, 0.3) is 10.8 Å². The maximum Gasteiger partial charge on any atom is 0.227 e. The Bertz CT molecular complexity index is 1200. The average Bonchev–Trinajstić information content (AvgIpc) is 2.75. The summed E-state index contributed by atoms with van der Waals surface area (Å²) in [6.07, 6.45) is 1.60. The molecule has 0 spiro atoms. The molecule has 0 fully saturated rings. The average molecular weight is 365 g/mol. The van der Waals surface area contributed by atoms with Crippen LogP contribution < -0.4 is 5.32 Å². The van der Waals surface area contributed by atoms with Gasteiger partial charge in [0, 0.05) is 17.4 Å². The molecule has 1 aromatic heterocycles. The Morgan fingerprint density at radius 1 is 0.964 bits per heavy atom. The third kappa shape index (κ3) is 3.37. The highest BCUT2D eigenvalue weighted by Gasteiger charge is 2.14. The summed E-state index contributed by atoms with van der Waals surface area (Å²) < 4.78 is 0. The lowest BCUT2D eigenvalue weighted by atomic mass is 9.99. The minimum atomic E-state index is 0.363. The summed E-state index contributed by atoms with van der Waals surface area (Å²) in [5.41, 5.74) is 2.96. The van der Waals surface area contributed by atoms with Crippen molar-refractivity contribution in [3.05, 3.63) is 95.8 Å². The molecule has 3 aromatic carbocycles.